The summed E-state index contributed by atoms with van der Waals surface area (Å²) in [5.74, 6) is -0.912. The van der Waals surface area contributed by atoms with E-state index in [0.29, 0.717) is 19.6 Å². The van der Waals surface area contributed by atoms with E-state index in [0.717, 1.165) is 0 Å². The lowest BCUT2D eigenvalue weighted by atomic mass is 9.88. The first kappa shape index (κ1) is 17.7. The van der Waals surface area contributed by atoms with E-state index in [4.69, 9.17) is 9.84 Å². The summed E-state index contributed by atoms with van der Waals surface area (Å²) in [6.45, 7) is 10.1. The number of carboxylic acid groups (broad SMARTS) is 1. The molecule has 1 atom stereocenters. The lowest BCUT2D eigenvalue weighted by Crippen LogP contribution is -2.48. The summed E-state index contributed by atoms with van der Waals surface area (Å²) < 4.78 is 5.45. The standard InChI is InChI=1S/C13H26N2O4/c1-6-13(5,10(16)17)9-15-11(18)14-8-12(3,4)19-7-2/h6-9H2,1-5H3,(H,16,17)(H2,14,15,18). The maximum absolute atomic E-state index is 11.6. The summed E-state index contributed by atoms with van der Waals surface area (Å²) in [6.07, 6.45) is 0.451. The van der Waals surface area contributed by atoms with Crippen LogP contribution < -0.4 is 10.6 Å². The van der Waals surface area contributed by atoms with Crippen LogP contribution in [-0.2, 0) is 9.53 Å². The van der Waals surface area contributed by atoms with Gasteiger partial charge in [0.25, 0.3) is 0 Å². The van der Waals surface area contributed by atoms with Crippen LogP contribution in [0.2, 0.25) is 0 Å². The number of hydrogen-bond donors (Lipinski definition) is 3. The number of urea groups is 1. The van der Waals surface area contributed by atoms with Crippen molar-refractivity contribution in [3.05, 3.63) is 0 Å². The highest BCUT2D eigenvalue weighted by molar-refractivity contribution is 5.77. The number of carbonyl (C=O) groups is 2. The molecule has 112 valence electrons. The van der Waals surface area contributed by atoms with E-state index in [2.05, 4.69) is 10.6 Å². The molecule has 0 radical (unpaired) electrons. The second kappa shape index (κ2) is 7.33. The monoisotopic (exact) mass is 274 g/mol. The summed E-state index contributed by atoms with van der Waals surface area (Å²) in [7, 11) is 0. The highest BCUT2D eigenvalue weighted by Gasteiger charge is 2.31. The van der Waals surface area contributed by atoms with Gasteiger partial charge in [-0.3, -0.25) is 4.79 Å². The molecule has 0 bridgehead atoms. The first-order chi connectivity index (χ1) is 8.67. The third-order valence-corrected chi connectivity index (χ3v) is 3.15. The zero-order chi connectivity index (χ0) is 15.1. The summed E-state index contributed by atoms with van der Waals surface area (Å²) >= 11 is 0. The van der Waals surface area contributed by atoms with Crippen LogP contribution in [0.3, 0.4) is 0 Å². The predicted molar refractivity (Wildman–Crippen MR) is 73.1 cm³/mol. The van der Waals surface area contributed by atoms with Crippen LogP contribution >= 0.6 is 0 Å². The molecule has 3 N–H and O–H groups in total. The Bertz CT molecular complexity index is 318. The van der Waals surface area contributed by atoms with Crippen molar-refractivity contribution in [1.82, 2.24) is 10.6 Å². The number of amides is 2. The number of carbonyl (C=O) groups excluding carboxylic acids is 1. The van der Waals surface area contributed by atoms with Crippen molar-refractivity contribution in [2.75, 3.05) is 19.7 Å². The zero-order valence-corrected chi connectivity index (χ0v) is 12.5. The minimum absolute atomic E-state index is 0.0970. The number of nitrogens with one attached hydrogen (secondary N) is 2. The second-order valence-electron chi connectivity index (χ2n) is 5.45. The number of aliphatic carboxylic acids is 1. The molecule has 0 rings (SSSR count). The van der Waals surface area contributed by atoms with Gasteiger partial charge < -0.3 is 20.5 Å². The van der Waals surface area contributed by atoms with Crippen molar-refractivity contribution in [2.24, 2.45) is 5.41 Å². The molecular weight excluding hydrogens is 248 g/mol. The minimum Gasteiger partial charge on any atom is -0.481 e. The van der Waals surface area contributed by atoms with Crippen molar-refractivity contribution >= 4 is 12.0 Å². The van der Waals surface area contributed by atoms with E-state index in [1.165, 1.54) is 0 Å². The lowest BCUT2D eigenvalue weighted by Gasteiger charge is -2.26. The second-order valence-corrected chi connectivity index (χ2v) is 5.45. The SMILES string of the molecule is CCOC(C)(C)CNC(=O)NCC(C)(CC)C(=O)O. The molecule has 0 fully saturated rings. The van der Waals surface area contributed by atoms with Crippen LogP contribution in [0.5, 0.6) is 0 Å². The summed E-state index contributed by atoms with van der Waals surface area (Å²) in [4.78, 5) is 22.7. The van der Waals surface area contributed by atoms with Crippen LogP contribution in [-0.4, -0.2) is 42.4 Å². The third-order valence-electron chi connectivity index (χ3n) is 3.15. The molecule has 0 aliphatic carbocycles. The molecule has 19 heavy (non-hydrogen) atoms. The number of carboxylic acids is 1. The zero-order valence-electron chi connectivity index (χ0n) is 12.5. The minimum atomic E-state index is -0.938. The molecular formula is C13H26N2O4. The Morgan fingerprint density at radius 3 is 2.05 bits per heavy atom. The van der Waals surface area contributed by atoms with Gasteiger partial charge in [0.1, 0.15) is 0 Å². The Labute approximate surface area is 114 Å². The fourth-order valence-corrected chi connectivity index (χ4v) is 1.42. The van der Waals surface area contributed by atoms with E-state index in [9.17, 15) is 9.59 Å². The van der Waals surface area contributed by atoms with Gasteiger partial charge in [-0.15, -0.1) is 0 Å². The third kappa shape index (κ3) is 6.42. The number of hydrogen-bond acceptors (Lipinski definition) is 3. The first-order valence-corrected chi connectivity index (χ1v) is 6.56. The molecule has 6 nitrogen and oxygen atoms in total. The average Bonchev–Trinajstić information content (AvgIpc) is 2.33. The maximum Gasteiger partial charge on any atom is 0.314 e. The van der Waals surface area contributed by atoms with Crippen molar-refractivity contribution in [3.63, 3.8) is 0 Å². The van der Waals surface area contributed by atoms with Gasteiger partial charge in [-0.05, 0) is 34.1 Å². The summed E-state index contributed by atoms with van der Waals surface area (Å²) in [5, 5.41) is 14.3. The topological polar surface area (TPSA) is 87.7 Å². The van der Waals surface area contributed by atoms with E-state index >= 15 is 0 Å². The van der Waals surface area contributed by atoms with E-state index < -0.39 is 17.0 Å². The summed E-state index contributed by atoms with van der Waals surface area (Å²) in [5.41, 5.74) is -1.38. The van der Waals surface area contributed by atoms with E-state index in [-0.39, 0.29) is 12.6 Å². The van der Waals surface area contributed by atoms with Crippen LogP contribution in [0.4, 0.5) is 4.79 Å². The van der Waals surface area contributed by atoms with Gasteiger partial charge in [0.2, 0.25) is 0 Å². The van der Waals surface area contributed by atoms with E-state index in [1.54, 1.807) is 13.8 Å². The number of ether oxygens (including phenoxy) is 1. The van der Waals surface area contributed by atoms with Crippen molar-refractivity contribution in [1.29, 1.82) is 0 Å². The van der Waals surface area contributed by atoms with Gasteiger partial charge in [-0.2, -0.15) is 0 Å². The molecule has 0 heterocycles. The van der Waals surface area contributed by atoms with E-state index in [1.807, 2.05) is 20.8 Å². The van der Waals surface area contributed by atoms with Crippen LogP contribution in [0.25, 0.3) is 0 Å². The van der Waals surface area contributed by atoms with Gasteiger partial charge in [-0.1, -0.05) is 6.92 Å². The Kier molecular flexibility index (Phi) is 6.83. The molecule has 6 heteroatoms. The Morgan fingerprint density at radius 1 is 1.11 bits per heavy atom. The van der Waals surface area contributed by atoms with Gasteiger partial charge >= 0.3 is 12.0 Å². The van der Waals surface area contributed by atoms with Crippen LogP contribution in [0.15, 0.2) is 0 Å². The summed E-state index contributed by atoms with van der Waals surface area (Å²) in [6, 6.07) is -0.381. The molecule has 0 spiro atoms. The highest BCUT2D eigenvalue weighted by Crippen LogP contribution is 2.19. The molecule has 0 saturated heterocycles. The molecule has 2 amide bonds. The fourth-order valence-electron chi connectivity index (χ4n) is 1.42. The van der Waals surface area contributed by atoms with Gasteiger partial charge in [-0.25, -0.2) is 4.79 Å². The van der Waals surface area contributed by atoms with Crippen LogP contribution in [0.1, 0.15) is 41.0 Å². The van der Waals surface area contributed by atoms with Gasteiger partial charge in [0, 0.05) is 19.7 Å². The first-order valence-electron chi connectivity index (χ1n) is 6.56. The Hall–Kier alpha value is -1.30. The van der Waals surface area contributed by atoms with Crippen molar-refractivity contribution < 1.29 is 19.4 Å². The van der Waals surface area contributed by atoms with Crippen molar-refractivity contribution in [3.8, 4) is 0 Å². The highest BCUT2D eigenvalue weighted by atomic mass is 16.5. The molecule has 1 unspecified atom stereocenters. The molecule has 0 aromatic rings. The number of rotatable bonds is 8. The molecule has 0 aromatic heterocycles. The molecule has 0 saturated carbocycles. The molecule has 0 aliphatic rings. The smallest absolute Gasteiger partial charge is 0.314 e. The maximum atomic E-state index is 11.6. The average molecular weight is 274 g/mol. The Balaban J connectivity index is 4.16. The molecule has 0 aliphatic heterocycles. The normalized spacial score (nSPS) is 14.6. The molecule has 0 aromatic carbocycles. The van der Waals surface area contributed by atoms with Gasteiger partial charge in [0.15, 0.2) is 0 Å². The Morgan fingerprint density at radius 2 is 1.63 bits per heavy atom. The van der Waals surface area contributed by atoms with Crippen LogP contribution in [0, 0.1) is 5.41 Å². The quantitative estimate of drug-likeness (QED) is 0.627. The lowest BCUT2D eigenvalue weighted by molar-refractivity contribution is -0.147. The largest absolute Gasteiger partial charge is 0.481 e. The van der Waals surface area contributed by atoms with Gasteiger partial charge in [0.05, 0.1) is 11.0 Å². The van der Waals surface area contributed by atoms with Crippen molar-refractivity contribution in [2.45, 2.75) is 46.6 Å². The fraction of sp³-hybridized carbons (Fsp3) is 0.846. The predicted octanol–water partition coefficient (Wildman–Crippen LogP) is 1.60.